The minimum Gasteiger partial charge on any atom is -0.507 e. The van der Waals surface area contributed by atoms with Crippen LogP contribution in [0.2, 0.25) is 0 Å². The Labute approximate surface area is 269 Å². The third kappa shape index (κ3) is 9.01. The van der Waals surface area contributed by atoms with Crippen molar-refractivity contribution in [2.24, 2.45) is 11.8 Å². The fourth-order valence-corrected chi connectivity index (χ4v) is 5.79. The number of aliphatic hydroxyl groups is 2. The number of unbranched alkanes of at least 4 members (excludes halogenated alkanes) is 1. The van der Waals surface area contributed by atoms with Gasteiger partial charge in [-0.3, -0.25) is 0 Å². The second-order valence-electron chi connectivity index (χ2n) is 12.6. The maximum absolute atomic E-state index is 11.2. The van der Waals surface area contributed by atoms with Crippen molar-refractivity contribution >= 4 is 5.57 Å². The van der Waals surface area contributed by atoms with Gasteiger partial charge < -0.3 is 19.7 Å². The lowest BCUT2D eigenvalue weighted by atomic mass is 9.92. The van der Waals surface area contributed by atoms with E-state index in [4.69, 9.17) is 24.4 Å². The van der Waals surface area contributed by atoms with Crippen molar-refractivity contribution in [1.29, 1.82) is 0 Å². The number of ether oxygens (including phenoxy) is 2. The normalized spacial score (nSPS) is 16.4. The molecule has 3 aromatic rings. The zero-order chi connectivity index (χ0) is 32.5. The highest BCUT2D eigenvalue weighted by Crippen LogP contribution is 2.35. The summed E-state index contributed by atoms with van der Waals surface area (Å²) in [4.78, 5) is 14.7. The summed E-state index contributed by atoms with van der Waals surface area (Å²) in [5.41, 5.74) is 7.13. The second-order valence-corrected chi connectivity index (χ2v) is 12.6. The molecule has 0 saturated carbocycles. The van der Waals surface area contributed by atoms with Crippen LogP contribution < -0.4 is 0 Å². The van der Waals surface area contributed by atoms with Crippen molar-refractivity contribution in [2.45, 2.75) is 93.1 Å². The van der Waals surface area contributed by atoms with Crippen molar-refractivity contribution in [3.8, 4) is 22.8 Å². The molecule has 0 spiro atoms. The summed E-state index contributed by atoms with van der Waals surface area (Å²) < 4.78 is 11.8. The smallest absolute Gasteiger partial charge is 0.164 e. The van der Waals surface area contributed by atoms with Crippen LogP contribution in [0, 0.1) is 32.6 Å². The van der Waals surface area contributed by atoms with Crippen molar-refractivity contribution in [3.05, 3.63) is 82.1 Å². The van der Waals surface area contributed by atoms with E-state index in [0.717, 1.165) is 41.5 Å². The van der Waals surface area contributed by atoms with Gasteiger partial charge in [-0.25, -0.2) is 15.0 Å². The Kier molecular flexibility index (Phi) is 12.3. The molecule has 4 rings (SSSR count). The highest BCUT2D eigenvalue weighted by Gasteiger charge is 2.26. The molecule has 0 saturated heterocycles. The maximum atomic E-state index is 11.2. The van der Waals surface area contributed by atoms with Gasteiger partial charge >= 0.3 is 0 Å². The van der Waals surface area contributed by atoms with Gasteiger partial charge in [0, 0.05) is 35.3 Å². The molecule has 2 aromatic carbocycles. The molecular formula is C38H51N3O4. The highest BCUT2D eigenvalue weighted by atomic mass is 16.5. The Bertz CT molecular complexity index is 1510. The summed E-state index contributed by atoms with van der Waals surface area (Å²) in [7, 11) is 0. The molecule has 7 nitrogen and oxygen atoms in total. The summed E-state index contributed by atoms with van der Waals surface area (Å²) in [5.74, 6) is 2.78. The van der Waals surface area contributed by atoms with Crippen LogP contribution in [0.4, 0.5) is 0 Å². The molecule has 2 N–H and O–H groups in total. The third-order valence-electron chi connectivity index (χ3n) is 8.70. The van der Waals surface area contributed by atoms with Crippen LogP contribution in [-0.2, 0) is 15.9 Å². The summed E-state index contributed by atoms with van der Waals surface area (Å²) >= 11 is 0. The Morgan fingerprint density at radius 3 is 2.16 bits per heavy atom. The summed E-state index contributed by atoms with van der Waals surface area (Å²) in [5, 5.41) is 21.8. The van der Waals surface area contributed by atoms with Crippen LogP contribution >= 0.6 is 0 Å². The number of aromatic nitrogens is 3. The van der Waals surface area contributed by atoms with Crippen LogP contribution in [-0.4, -0.2) is 51.1 Å². The molecular weight excluding hydrogens is 562 g/mol. The number of nitrogens with zero attached hydrogens (tertiary/aromatic N) is 3. The number of aliphatic hydroxyl groups excluding tert-OH is 2. The van der Waals surface area contributed by atoms with Gasteiger partial charge in [0.1, 0.15) is 24.2 Å². The van der Waals surface area contributed by atoms with Gasteiger partial charge in [-0.1, -0.05) is 88.9 Å². The van der Waals surface area contributed by atoms with Gasteiger partial charge in [0.25, 0.3) is 0 Å². The quantitative estimate of drug-likeness (QED) is 0.177. The molecule has 242 valence electrons. The lowest BCUT2D eigenvalue weighted by Crippen LogP contribution is -2.25. The molecule has 1 aliphatic rings. The minimum atomic E-state index is -0.747. The number of hydrogen-bond acceptors (Lipinski definition) is 7. The van der Waals surface area contributed by atoms with Crippen LogP contribution in [0.5, 0.6) is 0 Å². The SMILES string of the molecule is CCCC[C@@H](CC)COCC(O)COC1=CC(O)=C(c2nc(-c3ccc(C)cc3C)nc(-c3ccc(CC)cc3C)n2)CC1C. The first-order valence-corrected chi connectivity index (χ1v) is 16.6. The Balaban J connectivity index is 1.58. The minimum absolute atomic E-state index is 0.0436. The molecule has 0 radical (unpaired) electrons. The van der Waals surface area contributed by atoms with Crippen LogP contribution in [0.1, 0.15) is 87.9 Å². The van der Waals surface area contributed by atoms with Gasteiger partial charge in [-0.15, -0.1) is 0 Å². The molecule has 3 atom stereocenters. The van der Waals surface area contributed by atoms with Crippen LogP contribution in [0.25, 0.3) is 28.3 Å². The molecule has 0 fully saturated rings. The van der Waals surface area contributed by atoms with Gasteiger partial charge in [-0.2, -0.15) is 0 Å². The Morgan fingerprint density at radius 1 is 0.867 bits per heavy atom. The summed E-state index contributed by atoms with van der Waals surface area (Å²) in [6.45, 7) is 15.8. The van der Waals surface area contributed by atoms with Gasteiger partial charge in [-0.05, 0) is 62.6 Å². The van der Waals surface area contributed by atoms with Crippen molar-refractivity contribution in [2.75, 3.05) is 19.8 Å². The van der Waals surface area contributed by atoms with Crippen LogP contribution in [0.3, 0.4) is 0 Å². The first-order chi connectivity index (χ1) is 21.6. The maximum Gasteiger partial charge on any atom is 0.164 e. The largest absolute Gasteiger partial charge is 0.507 e. The van der Waals surface area contributed by atoms with E-state index in [9.17, 15) is 10.2 Å². The predicted molar refractivity (Wildman–Crippen MR) is 182 cm³/mol. The Hall–Kier alpha value is -3.55. The molecule has 45 heavy (non-hydrogen) atoms. The van der Waals surface area contributed by atoms with Crippen molar-refractivity contribution in [1.82, 2.24) is 15.0 Å². The molecule has 2 unspecified atom stereocenters. The lowest BCUT2D eigenvalue weighted by Gasteiger charge is -2.24. The zero-order valence-corrected chi connectivity index (χ0v) is 28.2. The number of aryl methyl sites for hydroxylation is 4. The molecule has 0 bridgehead atoms. The van der Waals surface area contributed by atoms with E-state index in [-0.39, 0.29) is 24.9 Å². The molecule has 7 heteroatoms. The van der Waals surface area contributed by atoms with E-state index < -0.39 is 6.10 Å². The lowest BCUT2D eigenvalue weighted by molar-refractivity contribution is -0.0167. The van der Waals surface area contributed by atoms with E-state index in [0.29, 0.717) is 47.8 Å². The van der Waals surface area contributed by atoms with Gasteiger partial charge in [0.2, 0.25) is 0 Å². The molecule has 1 aliphatic carbocycles. The number of hydrogen-bond donors (Lipinski definition) is 2. The van der Waals surface area contributed by atoms with Crippen molar-refractivity contribution in [3.63, 3.8) is 0 Å². The topological polar surface area (TPSA) is 97.6 Å². The third-order valence-corrected chi connectivity index (χ3v) is 8.70. The highest BCUT2D eigenvalue weighted by molar-refractivity contribution is 5.72. The van der Waals surface area contributed by atoms with Crippen molar-refractivity contribution < 1.29 is 19.7 Å². The van der Waals surface area contributed by atoms with E-state index in [1.165, 1.54) is 24.0 Å². The first kappa shape index (κ1) is 34.3. The van der Waals surface area contributed by atoms with E-state index in [2.05, 4.69) is 71.9 Å². The summed E-state index contributed by atoms with van der Waals surface area (Å²) in [6, 6.07) is 12.6. The molecule has 0 amide bonds. The second kappa shape index (κ2) is 16.1. The standard InChI is InChI=1S/C38H51N3O4/c1-8-11-12-29(10-3)21-44-22-30(42)23-45-35-20-34(43)33(19-27(35)7)38-40-36(31-15-13-24(4)17-25(31)5)39-37(41-38)32-16-14-28(9-2)18-26(32)6/h13-18,20,27,29-30,42-43H,8-12,19,21-23H2,1-7H3/t27?,29-,30?/m1/s1. The molecule has 1 aromatic heterocycles. The predicted octanol–water partition coefficient (Wildman–Crippen LogP) is 8.50. The average molecular weight is 614 g/mol. The van der Waals surface area contributed by atoms with Crippen LogP contribution in [0.15, 0.2) is 54.0 Å². The van der Waals surface area contributed by atoms with E-state index >= 15 is 0 Å². The first-order valence-electron chi connectivity index (χ1n) is 16.6. The number of benzene rings is 2. The molecule has 0 aliphatic heterocycles. The number of rotatable bonds is 15. The fraction of sp³-hybridized carbons (Fsp3) is 0.500. The molecule has 1 heterocycles. The zero-order valence-electron chi connectivity index (χ0n) is 28.2. The summed E-state index contributed by atoms with van der Waals surface area (Å²) in [6.07, 6.45) is 6.93. The Morgan fingerprint density at radius 2 is 1.53 bits per heavy atom. The van der Waals surface area contributed by atoms with Gasteiger partial charge in [0.05, 0.1) is 6.61 Å². The fourth-order valence-electron chi connectivity index (χ4n) is 5.79. The van der Waals surface area contributed by atoms with E-state index in [1.807, 2.05) is 13.0 Å². The monoisotopic (exact) mass is 613 g/mol. The van der Waals surface area contributed by atoms with Gasteiger partial charge in [0.15, 0.2) is 17.5 Å². The number of allylic oxidation sites excluding steroid dienone is 3. The average Bonchev–Trinajstić information content (AvgIpc) is 3.02. The van der Waals surface area contributed by atoms with E-state index in [1.54, 1.807) is 6.08 Å².